The van der Waals surface area contributed by atoms with E-state index >= 15 is 0 Å². The van der Waals surface area contributed by atoms with Gasteiger partial charge in [-0.15, -0.1) is 0 Å². The molecule has 144 valence electrons. The van der Waals surface area contributed by atoms with E-state index in [4.69, 9.17) is 27.9 Å². The molecule has 9 heteroatoms. The number of rotatable bonds is 5. The average Bonchev–Trinajstić information content (AvgIpc) is 3.03. The number of hydrogen-bond donors (Lipinski definition) is 1. The van der Waals surface area contributed by atoms with Crippen molar-refractivity contribution in [3.63, 3.8) is 0 Å². The predicted octanol–water partition coefficient (Wildman–Crippen LogP) is 4.24. The molecule has 1 aliphatic rings. The number of benzene rings is 2. The van der Waals surface area contributed by atoms with Gasteiger partial charge in [0.15, 0.2) is 0 Å². The fraction of sp³-hybridized carbons (Fsp3) is 0.278. The van der Waals surface area contributed by atoms with Gasteiger partial charge in [-0.05, 0) is 49.2 Å². The SMILES string of the molecule is COc1ccc(NS(=O)(=O)c2cc(C)c(Cl)cc2Cl)cc1N1CCCC1=O. The Morgan fingerprint density at radius 2 is 1.89 bits per heavy atom. The zero-order valence-electron chi connectivity index (χ0n) is 14.8. The summed E-state index contributed by atoms with van der Waals surface area (Å²) in [6.07, 6.45) is 1.20. The van der Waals surface area contributed by atoms with E-state index in [1.54, 1.807) is 30.0 Å². The molecule has 1 aliphatic heterocycles. The van der Waals surface area contributed by atoms with Crippen molar-refractivity contribution in [2.24, 2.45) is 0 Å². The largest absolute Gasteiger partial charge is 0.495 e. The van der Waals surface area contributed by atoms with E-state index in [9.17, 15) is 13.2 Å². The van der Waals surface area contributed by atoms with Gasteiger partial charge in [-0.1, -0.05) is 23.2 Å². The summed E-state index contributed by atoms with van der Waals surface area (Å²) in [5, 5.41) is 0.416. The number of halogens is 2. The number of hydrogen-bond acceptors (Lipinski definition) is 4. The van der Waals surface area contributed by atoms with Crippen molar-refractivity contribution in [2.75, 3.05) is 23.3 Å². The first kappa shape index (κ1) is 19.8. The van der Waals surface area contributed by atoms with Crippen LogP contribution in [0.3, 0.4) is 0 Å². The van der Waals surface area contributed by atoms with Crippen LogP contribution in [-0.2, 0) is 14.8 Å². The summed E-state index contributed by atoms with van der Waals surface area (Å²) in [5.41, 5.74) is 1.42. The predicted molar refractivity (Wildman–Crippen MR) is 107 cm³/mol. The zero-order chi connectivity index (χ0) is 19.8. The second kappa shape index (κ2) is 7.58. The number of aryl methyl sites for hydroxylation is 1. The van der Waals surface area contributed by atoms with Gasteiger partial charge in [0.1, 0.15) is 10.6 Å². The van der Waals surface area contributed by atoms with Gasteiger partial charge >= 0.3 is 0 Å². The maximum absolute atomic E-state index is 12.8. The van der Waals surface area contributed by atoms with Crippen molar-refractivity contribution in [2.45, 2.75) is 24.7 Å². The maximum Gasteiger partial charge on any atom is 0.263 e. The number of nitrogens with one attached hydrogen (secondary N) is 1. The van der Waals surface area contributed by atoms with E-state index < -0.39 is 10.0 Å². The number of methoxy groups -OCH3 is 1. The number of anilines is 2. The smallest absolute Gasteiger partial charge is 0.263 e. The van der Waals surface area contributed by atoms with Crippen LogP contribution in [0.1, 0.15) is 18.4 Å². The Balaban J connectivity index is 1.98. The van der Waals surface area contributed by atoms with E-state index in [0.717, 1.165) is 6.42 Å². The molecule has 2 aromatic rings. The van der Waals surface area contributed by atoms with Crippen molar-refractivity contribution in [3.8, 4) is 5.75 Å². The summed E-state index contributed by atoms with van der Waals surface area (Å²) >= 11 is 12.1. The van der Waals surface area contributed by atoms with Crippen LogP contribution >= 0.6 is 23.2 Å². The quantitative estimate of drug-likeness (QED) is 0.772. The molecule has 3 rings (SSSR count). The Morgan fingerprint density at radius 1 is 1.15 bits per heavy atom. The molecule has 27 heavy (non-hydrogen) atoms. The first-order valence-electron chi connectivity index (χ1n) is 8.20. The van der Waals surface area contributed by atoms with Crippen molar-refractivity contribution in [1.82, 2.24) is 0 Å². The third kappa shape index (κ3) is 4.00. The van der Waals surface area contributed by atoms with Crippen LogP contribution in [0.5, 0.6) is 5.75 Å². The number of amides is 1. The number of carbonyl (C=O) groups excluding carboxylic acids is 1. The molecule has 1 amide bonds. The van der Waals surface area contributed by atoms with E-state index in [1.807, 2.05) is 0 Å². The normalized spacial score (nSPS) is 14.5. The minimum absolute atomic E-state index is 0.0234. The Bertz CT molecular complexity index is 1010. The van der Waals surface area contributed by atoms with Crippen LogP contribution in [0, 0.1) is 6.92 Å². The van der Waals surface area contributed by atoms with Gasteiger partial charge in [0, 0.05) is 18.0 Å². The standard InChI is InChI=1S/C18H18Cl2N2O4S/c1-11-8-17(14(20)10-13(11)19)27(24,25)21-12-5-6-16(26-2)15(9-12)22-7-3-4-18(22)23/h5-6,8-10,21H,3-4,7H2,1-2H3. The third-order valence-corrected chi connectivity index (χ3v) is 6.55. The van der Waals surface area contributed by atoms with Gasteiger partial charge in [0.2, 0.25) is 5.91 Å². The Morgan fingerprint density at radius 3 is 2.52 bits per heavy atom. The van der Waals surface area contributed by atoms with Crippen LogP contribution in [0.15, 0.2) is 35.2 Å². The molecular formula is C18H18Cl2N2O4S. The molecule has 6 nitrogen and oxygen atoms in total. The van der Waals surface area contributed by atoms with Crippen LogP contribution in [0.2, 0.25) is 10.0 Å². The zero-order valence-corrected chi connectivity index (χ0v) is 17.1. The lowest BCUT2D eigenvalue weighted by molar-refractivity contribution is -0.117. The van der Waals surface area contributed by atoms with Crippen LogP contribution < -0.4 is 14.4 Å². The van der Waals surface area contributed by atoms with Crippen molar-refractivity contribution in [1.29, 1.82) is 0 Å². The molecular weight excluding hydrogens is 411 g/mol. The molecule has 2 aromatic carbocycles. The van der Waals surface area contributed by atoms with Gasteiger partial charge in [0.05, 0.1) is 23.5 Å². The summed E-state index contributed by atoms with van der Waals surface area (Å²) in [7, 11) is -2.44. The first-order valence-corrected chi connectivity index (χ1v) is 10.4. The molecule has 1 heterocycles. The molecule has 0 saturated carbocycles. The summed E-state index contributed by atoms with van der Waals surface area (Å²) in [6, 6.07) is 7.58. The highest BCUT2D eigenvalue weighted by Crippen LogP contribution is 2.35. The van der Waals surface area contributed by atoms with Gasteiger partial charge in [0.25, 0.3) is 10.0 Å². The first-order chi connectivity index (χ1) is 12.7. The molecule has 0 unspecified atom stereocenters. The number of carbonyl (C=O) groups is 1. The van der Waals surface area contributed by atoms with Gasteiger partial charge in [-0.3, -0.25) is 9.52 Å². The summed E-state index contributed by atoms with van der Waals surface area (Å²) in [6.45, 7) is 2.26. The Hall–Kier alpha value is -1.96. The highest BCUT2D eigenvalue weighted by Gasteiger charge is 2.26. The Kier molecular flexibility index (Phi) is 5.55. The minimum Gasteiger partial charge on any atom is -0.495 e. The van der Waals surface area contributed by atoms with Gasteiger partial charge in [-0.2, -0.15) is 0 Å². The molecule has 0 bridgehead atoms. The summed E-state index contributed by atoms with van der Waals surface area (Å²) < 4.78 is 33.4. The van der Waals surface area contributed by atoms with E-state index in [1.165, 1.54) is 19.2 Å². The van der Waals surface area contributed by atoms with Crippen LogP contribution in [-0.4, -0.2) is 28.0 Å². The fourth-order valence-electron chi connectivity index (χ4n) is 2.91. The minimum atomic E-state index is -3.94. The molecule has 1 N–H and O–H groups in total. The van der Waals surface area contributed by atoms with Gasteiger partial charge < -0.3 is 9.64 Å². The van der Waals surface area contributed by atoms with Gasteiger partial charge in [-0.25, -0.2) is 8.42 Å². The van der Waals surface area contributed by atoms with Crippen molar-refractivity contribution in [3.05, 3.63) is 45.9 Å². The molecule has 0 radical (unpaired) electrons. The monoisotopic (exact) mass is 428 g/mol. The second-order valence-corrected chi connectivity index (χ2v) is 8.64. The Labute approximate surface area is 168 Å². The molecule has 1 fully saturated rings. The van der Waals surface area contributed by atoms with E-state index in [2.05, 4.69) is 4.72 Å². The summed E-state index contributed by atoms with van der Waals surface area (Å²) in [4.78, 5) is 13.6. The maximum atomic E-state index is 12.8. The molecule has 0 aliphatic carbocycles. The summed E-state index contributed by atoms with van der Waals surface area (Å²) in [5.74, 6) is 0.471. The number of sulfonamides is 1. The van der Waals surface area contributed by atoms with Crippen molar-refractivity contribution < 1.29 is 17.9 Å². The lowest BCUT2D eigenvalue weighted by Gasteiger charge is -2.20. The topological polar surface area (TPSA) is 75.7 Å². The number of ether oxygens (including phenoxy) is 1. The second-order valence-electron chi connectivity index (χ2n) is 6.17. The lowest BCUT2D eigenvalue weighted by Crippen LogP contribution is -2.24. The molecule has 1 saturated heterocycles. The molecule has 0 spiro atoms. The highest BCUT2D eigenvalue weighted by atomic mass is 35.5. The van der Waals surface area contributed by atoms with Crippen molar-refractivity contribution >= 4 is 50.5 Å². The highest BCUT2D eigenvalue weighted by molar-refractivity contribution is 7.92. The third-order valence-electron chi connectivity index (χ3n) is 4.30. The molecule has 0 atom stereocenters. The van der Waals surface area contributed by atoms with E-state index in [-0.39, 0.29) is 15.8 Å². The molecule has 0 aromatic heterocycles. The van der Waals surface area contributed by atoms with Crippen LogP contribution in [0.4, 0.5) is 11.4 Å². The van der Waals surface area contributed by atoms with Crippen LogP contribution in [0.25, 0.3) is 0 Å². The fourth-order valence-corrected chi connectivity index (χ4v) is 4.80. The van der Waals surface area contributed by atoms with E-state index in [0.29, 0.717) is 40.7 Å². The average molecular weight is 429 g/mol. The number of nitrogens with zero attached hydrogens (tertiary/aromatic N) is 1. The lowest BCUT2D eigenvalue weighted by atomic mass is 10.2.